The second kappa shape index (κ2) is 8.97. The Kier molecular flexibility index (Phi) is 6.80. The Morgan fingerprint density at radius 2 is 1.83 bits per heavy atom. The Bertz CT molecular complexity index is 1030. The highest BCUT2D eigenvalue weighted by Crippen LogP contribution is 2.31. The van der Waals surface area contributed by atoms with Crippen molar-refractivity contribution in [3.05, 3.63) is 63.4 Å². The molecule has 0 unspecified atom stereocenters. The fourth-order valence-corrected chi connectivity index (χ4v) is 5.21. The molecule has 1 fully saturated rings. The highest BCUT2D eigenvalue weighted by molar-refractivity contribution is 7.89. The number of morpholine rings is 1. The first-order chi connectivity index (χ1) is 13.7. The van der Waals surface area contributed by atoms with E-state index < -0.39 is 21.7 Å². The van der Waals surface area contributed by atoms with Crippen LogP contribution in [0.3, 0.4) is 0 Å². The average Bonchev–Trinajstić information content (AvgIpc) is 2.69. The topological polar surface area (TPSA) is 66.9 Å². The third-order valence-electron chi connectivity index (χ3n) is 4.55. The van der Waals surface area contributed by atoms with E-state index in [1.807, 2.05) is 0 Å². The summed E-state index contributed by atoms with van der Waals surface area (Å²) >= 11 is 12.3. The molecule has 10 heteroatoms. The van der Waals surface area contributed by atoms with Crippen LogP contribution in [0.2, 0.25) is 10.0 Å². The fourth-order valence-electron chi connectivity index (χ4n) is 2.98. The number of nitrogens with zero attached hydrogens (tertiary/aromatic N) is 2. The van der Waals surface area contributed by atoms with E-state index in [0.717, 1.165) is 0 Å². The molecule has 0 N–H and O–H groups in total. The number of sulfonamides is 1. The van der Waals surface area contributed by atoms with Gasteiger partial charge >= 0.3 is 0 Å². The zero-order valence-corrected chi connectivity index (χ0v) is 17.9. The number of benzene rings is 2. The number of halogens is 3. The molecule has 0 aromatic heterocycles. The zero-order valence-electron chi connectivity index (χ0n) is 15.6. The molecular formula is C19H19Cl2FN2O4S. The summed E-state index contributed by atoms with van der Waals surface area (Å²) in [6.45, 7) is 0.939. The molecule has 1 amide bonds. The van der Waals surface area contributed by atoms with Crippen LogP contribution >= 0.6 is 23.2 Å². The Balaban J connectivity index is 1.92. The molecule has 1 heterocycles. The van der Waals surface area contributed by atoms with E-state index in [0.29, 0.717) is 5.56 Å². The van der Waals surface area contributed by atoms with Crippen molar-refractivity contribution in [3.63, 3.8) is 0 Å². The van der Waals surface area contributed by atoms with Gasteiger partial charge in [-0.3, -0.25) is 4.79 Å². The summed E-state index contributed by atoms with van der Waals surface area (Å²) in [6, 6.07) is 8.50. The van der Waals surface area contributed by atoms with Crippen molar-refractivity contribution in [3.8, 4) is 0 Å². The van der Waals surface area contributed by atoms with Gasteiger partial charge in [-0.1, -0.05) is 41.4 Å². The van der Waals surface area contributed by atoms with Crippen molar-refractivity contribution in [2.45, 2.75) is 11.4 Å². The Morgan fingerprint density at radius 1 is 1.17 bits per heavy atom. The highest BCUT2D eigenvalue weighted by atomic mass is 35.5. The summed E-state index contributed by atoms with van der Waals surface area (Å²) in [5.74, 6) is -0.988. The highest BCUT2D eigenvalue weighted by Gasteiger charge is 2.30. The molecular weight excluding hydrogens is 442 g/mol. The number of amides is 1. The number of carbonyl (C=O) groups is 1. The van der Waals surface area contributed by atoms with Crippen molar-refractivity contribution in [2.75, 3.05) is 33.4 Å². The van der Waals surface area contributed by atoms with Crippen molar-refractivity contribution >= 4 is 39.1 Å². The van der Waals surface area contributed by atoms with E-state index in [1.165, 1.54) is 34.5 Å². The van der Waals surface area contributed by atoms with E-state index in [2.05, 4.69) is 0 Å². The summed E-state index contributed by atoms with van der Waals surface area (Å²) in [5, 5.41) is -0.0592. The average molecular weight is 461 g/mol. The van der Waals surface area contributed by atoms with Gasteiger partial charge in [-0.15, -0.1) is 0 Å². The molecule has 0 aliphatic carbocycles. The summed E-state index contributed by atoms with van der Waals surface area (Å²) in [5.41, 5.74) is 0.302. The number of hydrogen-bond donors (Lipinski definition) is 0. The van der Waals surface area contributed by atoms with Gasteiger partial charge in [0.1, 0.15) is 10.7 Å². The van der Waals surface area contributed by atoms with Gasteiger partial charge < -0.3 is 9.64 Å². The minimum absolute atomic E-state index is 0.00396. The SMILES string of the molecule is CN(Cc1ccccc1F)C(=O)c1cc(S(=O)(=O)N2CCOCC2)c(Cl)cc1Cl. The van der Waals surface area contributed by atoms with Crippen LogP contribution in [0.15, 0.2) is 41.3 Å². The quantitative estimate of drug-likeness (QED) is 0.685. The third-order valence-corrected chi connectivity index (χ3v) is 7.23. The molecule has 156 valence electrons. The standard InChI is InChI=1S/C19H19Cl2FN2O4S/c1-23(12-13-4-2-3-5-17(13)22)19(25)14-10-18(16(21)11-15(14)20)29(26,27)24-6-8-28-9-7-24/h2-5,10-11H,6-9,12H2,1H3. The monoisotopic (exact) mass is 460 g/mol. The minimum atomic E-state index is -3.92. The van der Waals surface area contributed by atoms with E-state index in [4.69, 9.17) is 27.9 Å². The molecule has 3 rings (SSSR count). The van der Waals surface area contributed by atoms with Gasteiger partial charge in [0.2, 0.25) is 10.0 Å². The lowest BCUT2D eigenvalue weighted by atomic mass is 10.1. The lowest BCUT2D eigenvalue weighted by molar-refractivity contribution is 0.0730. The molecule has 0 spiro atoms. The van der Waals surface area contributed by atoms with Crippen LogP contribution in [-0.2, 0) is 21.3 Å². The Morgan fingerprint density at radius 3 is 2.48 bits per heavy atom. The molecule has 1 aliphatic heterocycles. The smallest absolute Gasteiger partial charge is 0.255 e. The number of rotatable bonds is 5. The predicted molar refractivity (Wildman–Crippen MR) is 108 cm³/mol. The summed E-state index contributed by atoms with van der Waals surface area (Å²) in [7, 11) is -2.44. The van der Waals surface area contributed by atoms with Gasteiger partial charge in [0, 0.05) is 32.2 Å². The van der Waals surface area contributed by atoms with E-state index >= 15 is 0 Å². The van der Waals surface area contributed by atoms with Gasteiger partial charge in [0.25, 0.3) is 5.91 Å². The van der Waals surface area contributed by atoms with Crippen molar-refractivity contribution in [1.29, 1.82) is 0 Å². The van der Waals surface area contributed by atoms with Crippen LogP contribution in [0.25, 0.3) is 0 Å². The van der Waals surface area contributed by atoms with Crippen molar-refractivity contribution in [2.24, 2.45) is 0 Å². The van der Waals surface area contributed by atoms with Crippen LogP contribution in [0.1, 0.15) is 15.9 Å². The maximum atomic E-state index is 13.9. The lowest BCUT2D eigenvalue weighted by Gasteiger charge is -2.27. The largest absolute Gasteiger partial charge is 0.379 e. The molecule has 29 heavy (non-hydrogen) atoms. The van der Waals surface area contributed by atoms with Crippen LogP contribution in [-0.4, -0.2) is 56.9 Å². The maximum absolute atomic E-state index is 13.9. The van der Waals surface area contributed by atoms with Gasteiger partial charge in [-0.05, 0) is 18.2 Å². The molecule has 0 saturated carbocycles. The van der Waals surface area contributed by atoms with Crippen molar-refractivity contribution in [1.82, 2.24) is 9.21 Å². The second-order valence-electron chi connectivity index (χ2n) is 6.53. The molecule has 6 nitrogen and oxygen atoms in total. The van der Waals surface area contributed by atoms with Crippen LogP contribution in [0.5, 0.6) is 0 Å². The van der Waals surface area contributed by atoms with Gasteiger partial charge in [0.15, 0.2) is 0 Å². The maximum Gasteiger partial charge on any atom is 0.255 e. The molecule has 1 saturated heterocycles. The summed E-state index contributed by atoms with van der Waals surface area (Å²) in [4.78, 5) is 14.0. The Hall–Kier alpha value is -1.71. The molecule has 2 aromatic carbocycles. The minimum Gasteiger partial charge on any atom is -0.379 e. The summed E-state index contributed by atoms with van der Waals surface area (Å²) < 4.78 is 46.3. The predicted octanol–water partition coefficient (Wildman–Crippen LogP) is 3.43. The third kappa shape index (κ3) is 4.73. The van der Waals surface area contributed by atoms with E-state index in [9.17, 15) is 17.6 Å². The molecule has 1 aliphatic rings. The normalized spacial score (nSPS) is 15.3. The second-order valence-corrected chi connectivity index (χ2v) is 9.25. The zero-order chi connectivity index (χ0) is 21.2. The van der Waals surface area contributed by atoms with Crippen molar-refractivity contribution < 1.29 is 22.3 Å². The Labute approximate surface area is 178 Å². The van der Waals surface area contributed by atoms with Crippen LogP contribution < -0.4 is 0 Å². The van der Waals surface area contributed by atoms with E-state index in [-0.39, 0.29) is 53.4 Å². The van der Waals surface area contributed by atoms with Gasteiger partial charge in [-0.2, -0.15) is 4.31 Å². The molecule has 0 bridgehead atoms. The molecule has 2 aromatic rings. The number of ether oxygens (including phenoxy) is 1. The van der Waals surface area contributed by atoms with E-state index in [1.54, 1.807) is 18.2 Å². The first-order valence-electron chi connectivity index (χ1n) is 8.77. The number of hydrogen-bond acceptors (Lipinski definition) is 4. The summed E-state index contributed by atoms with van der Waals surface area (Å²) in [6.07, 6.45) is 0. The van der Waals surface area contributed by atoms with Crippen LogP contribution in [0.4, 0.5) is 4.39 Å². The van der Waals surface area contributed by atoms with Gasteiger partial charge in [-0.25, -0.2) is 12.8 Å². The lowest BCUT2D eigenvalue weighted by Crippen LogP contribution is -2.40. The fraction of sp³-hybridized carbons (Fsp3) is 0.316. The number of carbonyl (C=O) groups excluding carboxylic acids is 1. The first kappa shape index (κ1) is 22.0. The van der Waals surface area contributed by atoms with Crippen LogP contribution in [0, 0.1) is 5.82 Å². The van der Waals surface area contributed by atoms with Gasteiger partial charge in [0.05, 0.1) is 28.8 Å². The molecule has 0 radical (unpaired) electrons. The molecule has 0 atom stereocenters. The first-order valence-corrected chi connectivity index (χ1v) is 11.0.